The topological polar surface area (TPSA) is 59.0 Å². The van der Waals surface area contributed by atoms with Crippen molar-refractivity contribution in [2.24, 2.45) is 0 Å². The molecule has 1 aromatic carbocycles. The Morgan fingerprint density at radius 3 is 2.65 bits per heavy atom. The minimum Gasteiger partial charge on any atom is -0.351 e. The fourth-order valence-corrected chi connectivity index (χ4v) is 3.10. The van der Waals surface area contributed by atoms with Gasteiger partial charge in [0, 0.05) is 24.2 Å². The number of nitrogens with one attached hydrogen (secondary N) is 2. The van der Waals surface area contributed by atoms with Crippen LogP contribution in [0.4, 0.5) is 8.78 Å². The number of carbonyl (C=O) groups excluding carboxylic acids is 1. The summed E-state index contributed by atoms with van der Waals surface area (Å²) in [5.74, 6) is -3.21. The van der Waals surface area contributed by atoms with Crippen molar-refractivity contribution in [3.05, 3.63) is 52.8 Å². The molecule has 1 aliphatic rings. The third kappa shape index (κ3) is 4.59. The largest absolute Gasteiger partial charge is 0.351 e. The number of halogens is 3. The summed E-state index contributed by atoms with van der Waals surface area (Å²) in [6.45, 7) is 4.33. The normalized spacial score (nSPS) is 18.4. The Bertz CT molecular complexity index is 764. The highest BCUT2D eigenvalue weighted by atomic mass is 35.5. The minimum atomic E-state index is -2.81. The lowest BCUT2D eigenvalue weighted by Crippen LogP contribution is -2.40. The van der Waals surface area contributed by atoms with Gasteiger partial charge < -0.3 is 5.32 Å². The van der Waals surface area contributed by atoms with E-state index in [0.717, 1.165) is 22.5 Å². The summed E-state index contributed by atoms with van der Waals surface area (Å²) in [5.41, 5.74) is 3.86. The van der Waals surface area contributed by atoms with Crippen LogP contribution in [0, 0.1) is 13.8 Å². The molecule has 1 aromatic heterocycles. The molecule has 3 rings (SSSR count). The molecule has 1 atom stereocenters. The fraction of sp³-hybridized carbons (Fsp3) is 0.444. The Balaban J connectivity index is 0.00000243. The number of amides is 1. The molecule has 5 nitrogen and oxygen atoms in total. The van der Waals surface area contributed by atoms with E-state index in [-0.39, 0.29) is 19.0 Å². The number of aryl methyl sites for hydroxylation is 1. The molecule has 1 unspecified atom stereocenters. The number of carbonyl (C=O) groups is 1. The van der Waals surface area contributed by atoms with Crippen molar-refractivity contribution < 1.29 is 13.6 Å². The molecule has 0 saturated carbocycles. The summed E-state index contributed by atoms with van der Waals surface area (Å²) in [7, 11) is 0. The lowest BCUT2D eigenvalue weighted by molar-refractivity contribution is -0.123. The maximum atomic E-state index is 13.2. The molecule has 1 aliphatic heterocycles. The van der Waals surface area contributed by atoms with Crippen molar-refractivity contribution in [3.8, 4) is 0 Å². The number of alkyl halides is 2. The lowest BCUT2D eigenvalue weighted by atomic mass is 10.1. The van der Waals surface area contributed by atoms with Gasteiger partial charge >= 0.3 is 0 Å². The standard InChI is InChI=1S/C18H22F2N4O.ClH/c1-12-15(9-21-17(25)16-8-18(19,20)11-22-16)13(2)24(23-12)10-14-6-4-3-5-7-14;/h3-7,16,22H,8-11H2,1-2H3,(H,21,25);1H. The van der Waals surface area contributed by atoms with Crippen LogP contribution in [0.3, 0.4) is 0 Å². The first kappa shape index (κ1) is 20.3. The second-order valence-electron chi connectivity index (χ2n) is 6.50. The van der Waals surface area contributed by atoms with Gasteiger partial charge in [0.15, 0.2) is 0 Å². The highest BCUT2D eigenvalue weighted by Crippen LogP contribution is 2.25. The average molecular weight is 385 g/mol. The molecule has 2 heterocycles. The van der Waals surface area contributed by atoms with Crippen LogP contribution in [0.25, 0.3) is 0 Å². The van der Waals surface area contributed by atoms with Gasteiger partial charge in [-0.1, -0.05) is 30.3 Å². The van der Waals surface area contributed by atoms with E-state index in [2.05, 4.69) is 15.7 Å². The van der Waals surface area contributed by atoms with E-state index < -0.39 is 30.8 Å². The number of hydrogen-bond acceptors (Lipinski definition) is 3. The first-order chi connectivity index (χ1) is 11.9. The molecule has 142 valence electrons. The smallest absolute Gasteiger partial charge is 0.262 e. The second kappa shape index (κ2) is 8.14. The summed E-state index contributed by atoms with van der Waals surface area (Å²) in [6.07, 6.45) is -0.454. The SMILES string of the molecule is Cc1nn(Cc2ccccc2)c(C)c1CNC(=O)C1CC(F)(F)CN1.Cl. The van der Waals surface area contributed by atoms with Crippen molar-refractivity contribution in [2.75, 3.05) is 6.54 Å². The van der Waals surface area contributed by atoms with Gasteiger partial charge in [0.05, 0.1) is 24.8 Å². The predicted octanol–water partition coefficient (Wildman–Crippen LogP) is 2.58. The summed E-state index contributed by atoms with van der Waals surface area (Å²) in [4.78, 5) is 12.1. The number of aromatic nitrogens is 2. The van der Waals surface area contributed by atoms with Crippen LogP contribution in [0.15, 0.2) is 30.3 Å². The number of rotatable bonds is 5. The third-order valence-electron chi connectivity index (χ3n) is 4.57. The molecular weight excluding hydrogens is 362 g/mol. The molecule has 1 saturated heterocycles. The van der Waals surface area contributed by atoms with E-state index in [1.54, 1.807) is 0 Å². The van der Waals surface area contributed by atoms with Gasteiger partial charge in [0.1, 0.15) is 0 Å². The van der Waals surface area contributed by atoms with Gasteiger partial charge in [0.2, 0.25) is 5.91 Å². The van der Waals surface area contributed by atoms with E-state index in [0.29, 0.717) is 6.54 Å². The second-order valence-corrected chi connectivity index (χ2v) is 6.50. The average Bonchev–Trinajstić information content (AvgIpc) is 3.06. The predicted molar refractivity (Wildman–Crippen MR) is 97.7 cm³/mol. The molecule has 1 fully saturated rings. The maximum absolute atomic E-state index is 13.2. The Kier molecular flexibility index (Phi) is 6.36. The molecule has 0 spiro atoms. The van der Waals surface area contributed by atoms with E-state index in [1.807, 2.05) is 48.9 Å². The number of nitrogens with zero attached hydrogens (tertiary/aromatic N) is 2. The Morgan fingerprint density at radius 1 is 1.35 bits per heavy atom. The lowest BCUT2D eigenvalue weighted by Gasteiger charge is -2.11. The van der Waals surface area contributed by atoms with Crippen LogP contribution >= 0.6 is 12.4 Å². The molecule has 26 heavy (non-hydrogen) atoms. The first-order valence-electron chi connectivity index (χ1n) is 8.31. The molecule has 0 radical (unpaired) electrons. The molecule has 0 aliphatic carbocycles. The first-order valence-corrected chi connectivity index (χ1v) is 8.31. The van der Waals surface area contributed by atoms with E-state index >= 15 is 0 Å². The van der Waals surface area contributed by atoms with Gasteiger partial charge in [-0.3, -0.25) is 14.8 Å². The Morgan fingerprint density at radius 2 is 2.04 bits per heavy atom. The van der Waals surface area contributed by atoms with Crippen molar-refractivity contribution >= 4 is 18.3 Å². The van der Waals surface area contributed by atoms with Crippen LogP contribution in [-0.4, -0.2) is 34.2 Å². The quantitative estimate of drug-likeness (QED) is 0.833. The monoisotopic (exact) mass is 384 g/mol. The van der Waals surface area contributed by atoms with Crippen LogP contribution in [0.2, 0.25) is 0 Å². The van der Waals surface area contributed by atoms with Crippen molar-refractivity contribution in [1.29, 1.82) is 0 Å². The number of hydrogen-bond donors (Lipinski definition) is 2. The highest BCUT2D eigenvalue weighted by Gasteiger charge is 2.42. The van der Waals surface area contributed by atoms with Gasteiger partial charge in [0.25, 0.3) is 5.92 Å². The Hall–Kier alpha value is -1.99. The zero-order valence-corrected chi connectivity index (χ0v) is 15.6. The molecule has 0 bridgehead atoms. The van der Waals surface area contributed by atoms with Gasteiger partial charge in [-0.2, -0.15) is 5.10 Å². The molecule has 2 aromatic rings. The highest BCUT2D eigenvalue weighted by molar-refractivity contribution is 5.85. The van der Waals surface area contributed by atoms with E-state index in [4.69, 9.17) is 0 Å². The van der Waals surface area contributed by atoms with Gasteiger partial charge in [-0.15, -0.1) is 12.4 Å². The summed E-state index contributed by atoms with van der Waals surface area (Å²) in [6, 6.07) is 9.15. The molecule has 8 heteroatoms. The van der Waals surface area contributed by atoms with Gasteiger partial charge in [-0.05, 0) is 19.4 Å². The van der Waals surface area contributed by atoms with Gasteiger partial charge in [-0.25, -0.2) is 8.78 Å². The maximum Gasteiger partial charge on any atom is 0.262 e. The van der Waals surface area contributed by atoms with Crippen molar-refractivity contribution in [3.63, 3.8) is 0 Å². The van der Waals surface area contributed by atoms with Crippen LogP contribution in [-0.2, 0) is 17.9 Å². The minimum absolute atomic E-state index is 0. The Labute approximate surface area is 157 Å². The van der Waals surface area contributed by atoms with Crippen LogP contribution < -0.4 is 10.6 Å². The fourth-order valence-electron chi connectivity index (χ4n) is 3.10. The molecule has 2 N–H and O–H groups in total. The molecule has 1 amide bonds. The summed E-state index contributed by atoms with van der Waals surface area (Å²) < 4.78 is 28.3. The zero-order valence-electron chi connectivity index (χ0n) is 14.8. The van der Waals surface area contributed by atoms with Crippen molar-refractivity contribution in [1.82, 2.24) is 20.4 Å². The van der Waals surface area contributed by atoms with E-state index in [9.17, 15) is 13.6 Å². The zero-order chi connectivity index (χ0) is 18.0. The molecular formula is C18H23ClF2N4O. The number of benzene rings is 1. The summed E-state index contributed by atoms with van der Waals surface area (Å²) in [5, 5.41) is 9.85. The van der Waals surface area contributed by atoms with Crippen molar-refractivity contribution in [2.45, 2.75) is 45.3 Å². The van der Waals surface area contributed by atoms with E-state index in [1.165, 1.54) is 0 Å². The van der Waals surface area contributed by atoms with Crippen LogP contribution in [0.5, 0.6) is 0 Å². The van der Waals surface area contributed by atoms with Crippen LogP contribution in [0.1, 0.15) is 28.9 Å². The summed E-state index contributed by atoms with van der Waals surface area (Å²) >= 11 is 0. The third-order valence-corrected chi connectivity index (χ3v) is 4.57.